The number of amides is 1. The Bertz CT molecular complexity index is 564. The van der Waals surface area contributed by atoms with Gasteiger partial charge in [0.05, 0.1) is 23.4 Å². The average molecular weight is 288 g/mol. The Morgan fingerprint density at radius 3 is 2.81 bits per heavy atom. The Labute approximate surface area is 126 Å². The molecule has 2 rings (SSSR count). The quantitative estimate of drug-likeness (QED) is 0.909. The van der Waals surface area contributed by atoms with Crippen LogP contribution in [0.5, 0.6) is 0 Å². The van der Waals surface area contributed by atoms with Crippen LogP contribution in [0.25, 0.3) is 0 Å². The van der Waals surface area contributed by atoms with Crippen molar-refractivity contribution in [3.63, 3.8) is 0 Å². The fourth-order valence-electron chi connectivity index (χ4n) is 2.89. The van der Waals surface area contributed by atoms with Crippen LogP contribution in [0.15, 0.2) is 12.4 Å². The predicted molar refractivity (Wildman–Crippen MR) is 80.7 cm³/mol. The molecule has 0 spiro atoms. The van der Waals surface area contributed by atoms with Gasteiger partial charge in [0.25, 0.3) is 5.91 Å². The number of rotatable bonds is 2. The van der Waals surface area contributed by atoms with Gasteiger partial charge in [-0.25, -0.2) is 0 Å². The molecule has 1 saturated carbocycles. The normalized spacial score (nSPS) is 26.1. The van der Waals surface area contributed by atoms with Crippen molar-refractivity contribution in [2.75, 3.05) is 0 Å². The zero-order valence-corrected chi connectivity index (χ0v) is 13.3. The minimum atomic E-state index is -0.724. The van der Waals surface area contributed by atoms with Crippen LogP contribution in [0.2, 0.25) is 0 Å². The second-order valence-corrected chi connectivity index (χ2v) is 7.19. The summed E-state index contributed by atoms with van der Waals surface area (Å²) in [5.41, 5.74) is -0.374. The van der Waals surface area contributed by atoms with Gasteiger partial charge in [-0.3, -0.25) is 9.48 Å². The van der Waals surface area contributed by atoms with Crippen molar-refractivity contribution in [3.8, 4) is 6.07 Å². The van der Waals surface area contributed by atoms with Gasteiger partial charge in [0.1, 0.15) is 5.54 Å². The maximum atomic E-state index is 12.4. The van der Waals surface area contributed by atoms with Gasteiger partial charge in [0, 0.05) is 6.20 Å². The smallest absolute Gasteiger partial charge is 0.255 e. The highest BCUT2D eigenvalue weighted by Gasteiger charge is 2.37. The van der Waals surface area contributed by atoms with E-state index in [4.69, 9.17) is 0 Å². The third-order valence-electron chi connectivity index (χ3n) is 4.10. The first-order chi connectivity index (χ1) is 9.76. The Kier molecular flexibility index (Phi) is 4.08. The molecule has 0 unspecified atom stereocenters. The van der Waals surface area contributed by atoms with Crippen LogP contribution < -0.4 is 5.32 Å². The highest BCUT2D eigenvalue weighted by Crippen LogP contribution is 2.32. The van der Waals surface area contributed by atoms with Gasteiger partial charge in [-0.05, 0) is 46.0 Å². The Morgan fingerprint density at radius 1 is 1.57 bits per heavy atom. The molecule has 1 aliphatic carbocycles. The number of nitriles is 1. The summed E-state index contributed by atoms with van der Waals surface area (Å²) in [6.07, 6.45) is 6.87. The lowest BCUT2D eigenvalue weighted by Crippen LogP contribution is -2.50. The van der Waals surface area contributed by atoms with Gasteiger partial charge in [-0.15, -0.1) is 0 Å². The first-order valence-electron chi connectivity index (χ1n) is 7.55. The van der Waals surface area contributed by atoms with Crippen molar-refractivity contribution in [2.45, 2.75) is 64.5 Å². The number of nitrogens with one attached hydrogen (secondary N) is 1. The molecule has 2 atom stereocenters. The second kappa shape index (κ2) is 5.51. The minimum Gasteiger partial charge on any atom is -0.334 e. The van der Waals surface area contributed by atoms with Crippen LogP contribution in [-0.4, -0.2) is 21.2 Å². The molecule has 5 nitrogen and oxygen atoms in total. The summed E-state index contributed by atoms with van der Waals surface area (Å²) >= 11 is 0. The van der Waals surface area contributed by atoms with E-state index in [0.717, 1.165) is 25.7 Å². The van der Waals surface area contributed by atoms with Crippen LogP contribution in [-0.2, 0) is 5.54 Å². The standard InChI is InChI=1S/C16H24N4O/c1-12-6-5-7-16(8-12,11-17)19-14(21)13-9-18-20(10-13)15(2,3)4/h9-10,12H,5-8H2,1-4H3,(H,19,21)/t12-,16+/m1/s1. The Balaban J connectivity index is 2.13. The third-order valence-corrected chi connectivity index (χ3v) is 4.10. The van der Waals surface area contributed by atoms with E-state index in [1.165, 1.54) is 0 Å². The van der Waals surface area contributed by atoms with Crippen molar-refractivity contribution >= 4 is 5.91 Å². The van der Waals surface area contributed by atoms with Crippen LogP contribution in [0, 0.1) is 17.2 Å². The number of hydrogen-bond donors (Lipinski definition) is 1. The summed E-state index contributed by atoms with van der Waals surface area (Å²) < 4.78 is 1.77. The van der Waals surface area contributed by atoms with E-state index in [0.29, 0.717) is 11.5 Å². The maximum absolute atomic E-state index is 12.4. The van der Waals surface area contributed by atoms with E-state index in [-0.39, 0.29) is 11.4 Å². The zero-order valence-electron chi connectivity index (χ0n) is 13.3. The lowest BCUT2D eigenvalue weighted by Gasteiger charge is -2.34. The highest BCUT2D eigenvalue weighted by molar-refractivity contribution is 5.94. The summed E-state index contributed by atoms with van der Waals surface area (Å²) in [5.74, 6) is 0.261. The summed E-state index contributed by atoms with van der Waals surface area (Å²) in [4.78, 5) is 12.4. The van der Waals surface area contributed by atoms with E-state index in [1.807, 2.05) is 20.8 Å². The van der Waals surface area contributed by atoms with E-state index in [1.54, 1.807) is 17.1 Å². The molecule has 0 saturated heterocycles. The Morgan fingerprint density at radius 2 is 2.29 bits per heavy atom. The molecule has 5 heteroatoms. The van der Waals surface area contributed by atoms with Crippen LogP contribution in [0.1, 0.15) is 63.7 Å². The third kappa shape index (κ3) is 3.44. The number of hydrogen-bond acceptors (Lipinski definition) is 3. The number of carbonyl (C=O) groups excluding carboxylic acids is 1. The first-order valence-corrected chi connectivity index (χ1v) is 7.55. The molecule has 1 amide bonds. The predicted octanol–water partition coefficient (Wildman–Crippen LogP) is 2.84. The molecule has 1 aromatic rings. The van der Waals surface area contributed by atoms with Crippen LogP contribution >= 0.6 is 0 Å². The van der Waals surface area contributed by atoms with Crippen molar-refractivity contribution in [1.29, 1.82) is 5.26 Å². The summed E-state index contributed by atoms with van der Waals surface area (Å²) in [7, 11) is 0. The van der Waals surface area contributed by atoms with E-state index in [2.05, 4.69) is 23.4 Å². The summed E-state index contributed by atoms with van der Waals surface area (Å²) in [5, 5.41) is 16.7. The average Bonchev–Trinajstić information content (AvgIpc) is 2.88. The largest absolute Gasteiger partial charge is 0.334 e. The van der Waals surface area contributed by atoms with Gasteiger partial charge in [-0.2, -0.15) is 10.4 Å². The van der Waals surface area contributed by atoms with Crippen LogP contribution in [0.4, 0.5) is 0 Å². The molecule has 0 bridgehead atoms. The van der Waals surface area contributed by atoms with Crippen molar-refractivity contribution in [2.24, 2.45) is 5.92 Å². The first kappa shape index (κ1) is 15.6. The van der Waals surface area contributed by atoms with E-state index >= 15 is 0 Å². The van der Waals surface area contributed by atoms with Gasteiger partial charge >= 0.3 is 0 Å². The molecule has 114 valence electrons. The number of aromatic nitrogens is 2. The molecular weight excluding hydrogens is 264 g/mol. The monoisotopic (exact) mass is 288 g/mol. The lowest BCUT2D eigenvalue weighted by atomic mass is 9.77. The minimum absolute atomic E-state index is 0.162. The maximum Gasteiger partial charge on any atom is 0.255 e. The van der Waals surface area contributed by atoms with Gasteiger partial charge in [-0.1, -0.05) is 13.3 Å². The summed E-state index contributed by atoms with van der Waals surface area (Å²) in [6, 6.07) is 2.33. The molecular formula is C16H24N4O. The summed E-state index contributed by atoms with van der Waals surface area (Å²) in [6.45, 7) is 8.22. The zero-order chi connectivity index (χ0) is 15.7. The Hall–Kier alpha value is -1.83. The molecule has 0 aromatic carbocycles. The van der Waals surface area contributed by atoms with E-state index in [9.17, 15) is 10.1 Å². The highest BCUT2D eigenvalue weighted by atomic mass is 16.1. The molecule has 21 heavy (non-hydrogen) atoms. The molecule has 0 radical (unpaired) electrons. The van der Waals surface area contributed by atoms with Gasteiger partial charge in [0.2, 0.25) is 0 Å². The van der Waals surface area contributed by atoms with Crippen molar-refractivity contribution < 1.29 is 4.79 Å². The topological polar surface area (TPSA) is 70.7 Å². The lowest BCUT2D eigenvalue weighted by molar-refractivity contribution is 0.0890. The molecule has 1 aliphatic rings. The molecule has 1 aromatic heterocycles. The molecule has 1 N–H and O–H groups in total. The van der Waals surface area contributed by atoms with Gasteiger partial charge < -0.3 is 5.32 Å². The number of carbonyl (C=O) groups is 1. The fourth-order valence-corrected chi connectivity index (χ4v) is 2.89. The number of nitrogens with zero attached hydrogens (tertiary/aromatic N) is 3. The van der Waals surface area contributed by atoms with Crippen molar-refractivity contribution in [3.05, 3.63) is 18.0 Å². The molecule has 1 heterocycles. The second-order valence-electron chi connectivity index (χ2n) is 7.19. The van der Waals surface area contributed by atoms with E-state index < -0.39 is 5.54 Å². The van der Waals surface area contributed by atoms with Crippen LogP contribution in [0.3, 0.4) is 0 Å². The fraction of sp³-hybridized carbons (Fsp3) is 0.688. The molecule has 0 aliphatic heterocycles. The SMILES string of the molecule is C[C@@H]1CCC[C@](C#N)(NC(=O)c2cnn(C(C)(C)C)c2)C1. The van der Waals surface area contributed by atoms with Gasteiger partial charge in [0.15, 0.2) is 0 Å². The van der Waals surface area contributed by atoms with Crippen molar-refractivity contribution in [1.82, 2.24) is 15.1 Å². The molecule has 1 fully saturated rings.